The fraction of sp³-hybridized carbons (Fsp3) is 0.600. The van der Waals surface area contributed by atoms with Crippen LogP contribution in [0.3, 0.4) is 0 Å². The molecule has 24 heavy (non-hydrogen) atoms. The highest BCUT2D eigenvalue weighted by Gasteiger charge is 2.44. The van der Waals surface area contributed by atoms with Crippen molar-refractivity contribution >= 4 is 11.8 Å². The van der Waals surface area contributed by atoms with Crippen molar-refractivity contribution in [3.05, 3.63) is 35.9 Å². The molecule has 1 saturated carbocycles. The second kappa shape index (κ2) is 7.37. The summed E-state index contributed by atoms with van der Waals surface area (Å²) in [7, 11) is 0. The maximum Gasteiger partial charge on any atom is 0.246 e. The van der Waals surface area contributed by atoms with Crippen LogP contribution in [-0.4, -0.2) is 28.8 Å². The summed E-state index contributed by atoms with van der Waals surface area (Å²) < 4.78 is 0. The first-order chi connectivity index (χ1) is 11.6. The standard InChI is InChI=1S/C20H28N2O2/c1-14(2)18-19(23)21-17(16-11-7-4-8-12-16)20(24)22(18)13-15-9-5-3-6-10-15/h3,5-6,9-10,14,16-18H,4,7-8,11-13H2,1-2H3,(H,21,23). The van der Waals surface area contributed by atoms with E-state index in [0.717, 1.165) is 31.2 Å². The second-order valence-electron chi connectivity index (χ2n) is 7.52. The maximum absolute atomic E-state index is 13.2. The summed E-state index contributed by atoms with van der Waals surface area (Å²) in [4.78, 5) is 27.7. The summed E-state index contributed by atoms with van der Waals surface area (Å²) in [6.07, 6.45) is 5.66. The summed E-state index contributed by atoms with van der Waals surface area (Å²) >= 11 is 0. The molecule has 0 radical (unpaired) electrons. The van der Waals surface area contributed by atoms with Gasteiger partial charge in [0.2, 0.25) is 11.8 Å². The molecule has 0 bridgehead atoms. The van der Waals surface area contributed by atoms with Crippen LogP contribution in [-0.2, 0) is 16.1 Å². The van der Waals surface area contributed by atoms with E-state index in [9.17, 15) is 9.59 Å². The summed E-state index contributed by atoms with van der Waals surface area (Å²) in [6, 6.07) is 9.26. The zero-order valence-corrected chi connectivity index (χ0v) is 14.7. The fourth-order valence-electron chi connectivity index (χ4n) is 4.16. The highest BCUT2D eigenvalue weighted by Crippen LogP contribution is 2.31. The summed E-state index contributed by atoms with van der Waals surface area (Å²) in [6.45, 7) is 4.53. The topological polar surface area (TPSA) is 49.4 Å². The molecule has 2 aliphatic rings. The van der Waals surface area contributed by atoms with Crippen molar-refractivity contribution in [2.45, 2.75) is 64.6 Å². The molecule has 2 unspecified atom stereocenters. The van der Waals surface area contributed by atoms with Gasteiger partial charge in [-0.05, 0) is 30.2 Å². The Kier molecular flexibility index (Phi) is 5.22. The molecule has 0 aromatic heterocycles. The number of hydrogen-bond donors (Lipinski definition) is 1. The molecule has 1 aromatic rings. The van der Waals surface area contributed by atoms with Gasteiger partial charge in [-0.3, -0.25) is 9.59 Å². The highest BCUT2D eigenvalue weighted by molar-refractivity contribution is 5.97. The molecule has 2 fully saturated rings. The van der Waals surface area contributed by atoms with Crippen molar-refractivity contribution in [1.29, 1.82) is 0 Å². The lowest BCUT2D eigenvalue weighted by atomic mass is 9.81. The van der Waals surface area contributed by atoms with Crippen LogP contribution in [0.5, 0.6) is 0 Å². The molecular weight excluding hydrogens is 300 g/mol. The molecule has 2 atom stereocenters. The number of nitrogens with zero attached hydrogens (tertiary/aromatic N) is 1. The number of hydrogen-bond acceptors (Lipinski definition) is 2. The molecule has 130 valence electrons. The molecule has 4 nitrogen and oxygen atoms in total. The number of carbonyl (C=O) groups is 2. The minimum atomic E-state index is -0.377. The van der Waals surface area contributed by atoms with Crippen LogP contribution >= 0.6 is 0 Å². The zero-order valence-electron chi connectivity index (χ0n) is 14.7. The van der Waals surface area contributed by atoms with Gasteiger partial charge in [0.15, 0.2) is 0 Å². The van der Waals surface area contributed by atoms with Crippen molar-refractivity contribution in [1.82, 2.24) is 10.2 Å². The van der Waals surface area contributed by atoms with Crippen molar-refractivity contribution < 1.29 is 9.59 Å². The van der Waals surface area contributed by atoms with Gasteiger partial charge in [0.25, 0.3) is 0 Å². The second-order valence-corrected chi connectivity index (χ2v) is 7.52. The summed E-state index contributed by atoms with van der Waals surface area (Å²) in [5.74, 6) is 0.506. The van der Waals surface area contributed by atoms with Gasteiger partial charge in [-0.25, -0.2) is 0 Å². The number of rotatable bonds is 4. The number of nitrogens with one attached hydrogen (secondary N) is 1. The Balaban J connectivity index is 1.84. The minimum Gasteiger partial charge on any atom is -0.342 e. The lowest BCUT2D eigenvalue weighted by molar-refractivity contribution is -0.154. The minimum absolute atomic E-state index is 0.0103. The third-order valence-electron chi connectivity index (χ3n) is 5.40. The van der Waals surface area contributed by atoms with E-state index in [2.05, 4.69) is 5.32 Å². The Bertz CT molecular complexity index is 579. The normalized spacial score (nSPS) is 25.9. The fourth-order valence-corrected chi connectivity index (χ4v) is 4.16. The van der Waals surface area contributed by atoms with Crippen LogP contribution < -0.4 is 5.32 Å². The van der Waals surface area contributed by atoms with Crippen LogP contribution in [0.15, 0.2) is 30.3 Å². The van der Waals surface area contributed by atoms with E-state index >= 15 is 0 Å². The first kappa shape index (κ1) is 17.0. The lowest BCUT2D eigenvalue weighted by Gasteiger charge is -2.43. The SMILES string of the molecule is CC(C)C1C(=O)NC(C2CCCCC2)C(=O)N1Cc1ccccc1. The van der Waals surface area contributed by atoms with E-state index in [0.29, 0.717) is 12.5 Å². The number of amides is 2. The van der Waals surface area contributed by atoms with Gasteiger partial charge in [-0.2, -0.15) is 0 Å². The average molecular weight is 328 g/mol. The van der Waals surface area contributed by atoms with E-state index in [1.54, 1.807) is 0 Å². The van der Waals surface area contributed by atoms with Crippen LogP contribution in [0, 0.1) is 11.8 Å². The first-order valence-electron chi connectivity index (χ1n) is 9.22. The van der Waals surface area contributed by atoms with Gasteiger partial charge in [0.1, 0.15) is 12.1 Å². The van der Waals surface area contributed by atoms with E-state index in [1.807, 2.05) is 49.1 Å². The van der Waals surface area contributed by atoms with E-state index < -0.39 is 0 Å². The molecular formula is C20H28N2O2. The molecule has 4 heteroatoms. The Morgan fingerprint density at radius 1 is 1.08 bits per heavy atom. The quantitative estimate of drug-likeness (QED) is 0.923. The van der Waals surface area contributed by atoms with Gasteiger partial charge in [0, 0.05) is 6.54 Å². The zero-order chi connectivity index (χ0) is 17.1. The monoisotopic (exact) mass is 328 g/mol. The summed E-state index contributed by atoms with van der Waals surface area (Å²) in [5, 5.41) is 3.05. The third kappa shape index (κ3) is 3.47. The number of carbonyl (C=O) groups excluding carboxylic acids is 2. The Labute approximate surface area is 144 Å². The van der Waals surface area contributed by atoms with E-state index in [1.165, 1.54) is 6.42 Å². The van der Waals surface area contributed by atoms with Crippen molar-refractivity contribution in [2.75, 3.05) is 0 Å². The largest absolute Gasteiger partial charge is 0.342 e. The predicted molar refractivity (Wildman–Crippen MR) is 94.1 cm³/mol. The van der Waals surface area contributed by atoms with Crippen LogP contribution in [0.25, 0.3) is 0 Å². The van der Waals surface area contributed by atoms with Crippen molar-refractivity contribution in [3.8, 4) is 0 Å². The number of piperazine rings is 1. The van der Waals surface area contributed by atoms with Gasteiger partial charge in [-0.1, -0.05) is 63.4 Å². The molecule has 1 aromatic carbocycles. The maximum atomic E-state index is 13.2. The number of benzene rings is 1. The first-order valence-corrected chi connectivity index (χ1v) is 9.22. The molecule has 1 aliphatic carbocycles. The predicted octanol–water partition coefficient (Wildman–Crippen LogP) is 3.12. The van der Waals surface area contributed by atoms with Gasteiger partial charge in [-0.15, -0.1) is 0 Å². The van der Waals surface area contributed by atoms with Crippen molar-refractivity contribution in [2.24, 2.45) is 11.8 Å². The Morgan fingerprint density at radius 3 is 2.38 bits per heavy atom. The Morgan fingerprint density at radius 2 is 1.75 bits per heavy atom. The molecule has 2 amide bonds. The van der Waals surface area contributed by atoms with Gasteiger partial charge >= 0.3 is 0 Å². The van der Waals surface area contributed by atoms with Crippen molar-refractivity contribution in [3.63, 3.8) is 0 Å². The lowest BCUT2D eigenvalue weighted by Crippen LogP contribution is -2.66. The Hall–Kier alpha value is -1.84. The van der Waals surface area contributed by atoms with E-state index in [-0.39, 0.29) is 29.8 Å². The van der Waals surface area contributed by atoms with Crippen LogP contribution in [0.1, 0.15) is 51.5 Å². The molecule has 1 heterocycles. The van der Waals surface area contributed by atoms with Gasteiger partial charge < -0.3 is 10.2 Å². The molecule has 1 aliphatic heterocycles. The third-order valence-corrected chi connectivity index (χ3v) is 5.40. The smallest absolute Gasteiger partial charge is 0.246 e. The highest BCUT2D eigenvalue weighted by atomic mass is 16.2. The molecule has 1 N–H and O–H groups in total. The van der Waals surface area contributed by atoms with E-state index in [4.69, 9.17) is 0 Å². The van der Waals surface area contributed by atoms with Crippen LogP contribution in [0.2, 0.25) is 0 Å². The van der Waals surface area contributed by atoms with Gasteiger partial charge in [0.05, 0.1) is 0 Å². The molecule has 0 spiro atoms. The summed E-state index contributed by atoms with van der Waals surface area (Å²) in [5.41, 5.74) is 1.08. The molecule has 3 rings (SSSR count). The van der Waals surface area contributed by atoms with Crippen LogP contribution in [0.4, 0.5) is 0 Å². The average Bonchev–Trinajstić information content (AvgIpc) is 2.59. The molecule has 1 saturated heterocycles.